The molecule has 0 amide bonds. The topological polar surface area (TPSA) is 114 Å². The Bertz CT molecular complexity index is 1400. The van der Waals surface area contributed by atoms with E-state index in [1.807, 2.05) is 19.9 Å². The van der Waals surface area contributed by atoms with E-state index in [2.05, 4.69) is 39.0 Å². The van der Waals surface area contributed by atoms with Crippen molar-refractivity contribution in [1.82, 2.24) is 24.8 Å². The maximum absolute atomic E-state index is 12.8. The number of nitrogens with zero attached hydrogens (tertiary/aromatic N) is 3. The van der Waals surface area contributed by atoms with Crippen LogP contribution in [-0.2, 0) is 0 Å². The highest BCUT2D eigenvalue weighted by Gasteiger charge is 2.25. The van der Waals surface area contributed by atoms with Gasteiger partial charge in [-0.3, -0.25) is 4.79 Å². The molecule has 0 radical (unpaired) electrons. The Morgan fingerprint density at radius 1 is 1.22 bits per heavy atom. The van der Waals surface area contributed by atoms with Crippen LogP contribution in [0.5, 0.6) is 5.75 Å². The second kappa shape index (κ2) is 7.84. The molecule has 8 nitrogen and oxygen atoms in total. The van der Waals surface area contributed by atoms with E-state index in [1.165, 1.54) is 5.56 Å². The molecule has 3 N–H and O–H groups in total. The Morgan fingerprint density at radius 2 is 2.00 bits per heavy atom. The van der Waals surface area contributed by atoms with Gasteiger partial charge in [-0.25, -0.2) is 4.98 Å². The third-order valence-corrected chi connectivity index (χ3v) is 6.25. The zero-order chi connectivity index (χ0) is 22.4. The third kappa shape index (κ3) is 3.35. The lowest BCUT2D eigenvalue weighted by Crippen LogP contribution is -2.29. The molecule has 32 heavy (non-hydrogen) atoms. The van der Waals surface area contributed by atoms with Crippen molar-refractivity contribution < 1.29 is 4.74 Å². The van der Waals surface area contributed by atoms with Gasteiger partial charge in [0, 0.05) is 17.8 Å². The van der Waals surface area contributed by atoms with Gasteiger partial charge in [0.15, 0.2) is 5.75 Å². The first-order valence-electron chi connectivity index (χ1n) is 11.0. The minimum Gasteiger partial charge on any atom is -0.488 e. The quantitative estimate of drug-likeness (QED) is 0.455. The Hall–Kier alpha value is -3.57. The van der Waals surface area contributed by atoms with Gasteiger partial charge in [-0.2, -0.15) is 5.26 Å². The molecule has 0 aliphatic carbocycles. The molecule has 1 aromatic carbocycles. The number of nitriles is 1. The van der Waals surface area contributed by atoms with E-state index in [-0.39, 0.29) is 11.7 Å². The van der Waals surface area contributed by atoms with Crippen LogP contribution in [0.15, 0.2) is 29.3 Å². The number of hydrogen-bond acceptors (Lipinski definition) is 5. The van der Waals surface area contributed by atoms with E-state index in [0.29, 0.717) is 33.8 Å². The van der Waals surface area contributed by atoms with E-state index in [4.69, 9.17) is 9.72 Å². The highest BCUT2D eigenvalue weighted by Crippen LogP contribution is 2.39. The summed E-state index contributed by atoms with van der Waals surface area (Å²) in [5, 5.41) is 10.0. The molecule has 1 aliphatic rings. The summed E-state index contributed by atoms with van der Waals surface area (Å²) in [6, 6.07) is 6.30. The van der Waals surface area contributed by atoms with E-state index in [9.17, 15) is 10.1 Å². The van der Waals surface area contributed by atoms with Crippen molar-refractivity contribution in [3.8, 4) is 23.2 Å². The fourth-order valence-electron chi connectivity index (χ4n) is 4.62. The predicted molar refractivity (Wildman–Crippen MR) is 124 cm³/mol. The lowest BCUT2D eigenvalue weighted by Gasteiger charge is -2.30. The molecule has 0 spiro atoms. The van der Waals surface area contributed by atoms with Crippen LogP contribution >= 0.6 is 0 Å². The minimum absolute atomic E-state index is 0.000747. The van der Waals surface area contributed by atoms with Gasteiger partial charge in [-0.15, -0.1) is 0 Å². The van der Waals surface area contributed by atoms with Crippen molar-refractivity contribution in [2.45, 2.75) is 38.7 Å². The molecular formula is C24H26N6O2. The number of piperidine rings is 1. The molecule has 0 bridgehead atoms. The van der Waals surface area contributed by atoms with Crippen molar-refractivity contribution in [3.05, 3.63) is 46.0 Å². The van der Waals surface area contributed by atoms with E-state index >= 15 is 0 Å². The van der Waals surface area contributed by atoms with Crippen LogP contribution in [0.25, 0.3) is 33.3 Å². The number of imidazole rings is 1. The minimum atomic E-state index is -0.273. The average molecular weight is 431 g/mol. The molecule has 3 aromatic heterocycles. The summed E-state index contributed by atoms with van der Waals surface area (Å²) in [5.74, 6) is 1.66. The SMILES string of the molecule is CC(C)Oc1c(C2CCN(C)CC2)ccc2[nH]c(-c3c(=O)[nH]cc4c(C#N)c[nH]c34)nc12. The lowest BCUT2D eigenvalue weighted by molar-refractivity contribution is 0.229. The number of rotatable bonds is 4. The van der Waals surface area contributed by atoms with Crippen molar-refractivity contribution >= 4 is 21.9 Å². The normalized spacial score (nSPS) is 15.6. The van der Waals surface area contributed by atoms with Crippen LogP contribution in [0.3, 0.4) is 0 Å². The molecule has 4 aromatic rings. The molecule has 1 saturated heterocycles. The van der Waals surface area contributed by atoms with Crippen LogP contribution in [0.2, 0.25) is 0 Å². The highest BCUT2D eigenvalue weighted by molar-refractivity contribution is 5.97. The first kappa shape index (κ1) is 20.3. The first-order valence-corrected chi connectivity index (χ1v) is 11.0. The number of likely N-dealkylation sites (tertiary alicyclic amines) is 1. The maximum atomic E-state index is 12.8. The van der Waals surface area contributed by atoms with Gasteiger partial charge in [0.25, 0.3) is 5.56 Å². The molecule has 4 heterocycles. The molecule has 8 heteroatoms. The smallest absolute Gasteiger partial charge is 0.261 e. The predicted octanol–water partition coefficient (Wildman–Crippen LogP) is 3.87. The van der Waals surface area contributed by atoms with Crippen molar-refractivity contribution in [1.29, 1.82) is 5.26 Å². The van der Waals surface area contributed by atoms with Crippen molar-refractivity contribution in [2.24, 2.45) is 0 Å². The van der Waals surface area contributed by atoms with Crippen LogP contribution in [-0.4, -0.2) is 51.1 Å². The number of fused-ring (bicyclic) bond motifs is 2. The molecule has 5 rings (SSSR count). The largest absolute Gasteiger partial charge is 0.488 e. The Kier molecular flexibility index (Phi) is 4.98. The Labute approximate surface area is 185 Å². The number of pyridine rings is 1. The summed E-state index contributed by atoms with van der Waals surface area (Å²) < 4.78 is 6.29. The zero-order valence-corrected chi connectivity index (χ0v) is 18.5. The van der Waals surface area contributed by atoms with Gasteiger partial charge >= 0.3 is 0 Å². The second-order valence-electron chi connectivity index (χ2n) is 8.81. The number of hydrogen-bond donors (Lipinski definition) is 3. The molecule has 1 fully saturated rings. The molecule has 0 saturated carbocycles. The number of aromatic nitrogens is 4. The van der Waals surface area contributed by atoms with Gasteiger partial charge in [-0.1, -0.05) is 6.07 Å². The molecule has 164 valence electrons. The van der Waals surface area contributed by atoms with E-state index in [1.54, 1.807) is 12.4 Å². The summed E-state index contributed by atoms with van der Waals surface area (Å²) in [4.78, 5) is 29.1. The van der Waals surface area contributed by atoms with Crippen molar-refractivity contribution in [3.63, 3.8) is 0 Å². The summed E-state index contributed by atoms with van der Waals surface area (Å²) in [5.41, 5.74) is 3.90. The summed E-state index contributed by atoms with van der Waals surface area (Å²) in [6.45, 7) is 6.14. The van der Waals surface area contributed by atoms with Gasteiger partial charge in [-0.05, 0) is 64.4 Å². The number of H-pyrrole nitrogens is 3. The highest BCUT2D eigenvalue weighted by atomic mass is 16.5. The number of nitrogens with one attached hydrogen (secondary N) is 3. The zero-order valence-electron chi connectivity index (χ0n) is 18.5. The number of benzene rings is 1. The van der Waals surface area contributed by atoms with Crippen molar-refractivity contribution in [2.75, 3.05) is 20.1 Å². The average Bonchev–Trinajstić information content (AvgIpc) is 3.38. The van der Waals surface area contributed by atoms with Gasteiger partial charge in [0.1, 0.15) is 23.0 Å². The number of aromatic amines is 3. The first-order chi connectivity index (χ1) is 15.5. The van der Waals surface area contributed by atoms with Gasteiger partial charge in [0.2, 0.25) is 0 Å². The lowest BCUT2D eigenvalue weighted by atomic mass is 9.88. The fourth-order valence-corrected chi connectivity index (χ4v) is 4.62. The van der Waals surface area contributed by atoms with E-state index < -0.39 is 0 Å². The Morgan fingerprint density at radius 3 is 2.72 bits per heavy atom. The van der Waals surface area contributed by atoms with Crippen LogP contribution < -0.4 is 10.3 Å². The fraction of sp³-hybridized carbons (Fsp3) is 0.375. The molecule has 0 unspecified atom stereocenters. The van der Waals surface area contributed by atoms with E-state index in [0.717, 1.165) is 42.7 Å². The second-order valence-corrected chi connectivity index (χ2v) is 8.81. The molecular weight excluding hydrogens is 404 g/mol. The van der Waals surface area contributed by atoms with Gasteiger partial charge in [0.05, 0.1) is 22.7 Å². The summed E-state index contributed by atoms with van der Waals surface area (Å²) >= 11 is 0. The summed E-state index contributed by atoms with van der Waals surface area (Å²) in [7, 11) is 2.15. The standard InChI is InChI=1S/C24H26N6O2/c1-13(2)32-22-16(14-6-8-30(3)9-7-14)4-5-18-21(22)29-23(28-18)19-20-17(12-27-24(19)31)15(10-25)11-26-20/h4-5,11-14,26H,6-9H2,1-3H3,(H,27,31)(H,28,29). The molecule has 0 atom stereocenters. The molecule has 1 aliphatic heterocycles. The Balaban J connectivity index is 1.69. The van der Waals surface area contributed by atoms with Crippen LogP contribution in [0.4, 0.5) is 0 Å². The third-order valence-electron chi connectivity index (χ3n) is 6.25. The monoisotopic (exact) mass is 430 g/mol. The number of ether oxygens (including phenoxy) is 1. The van der Waals surface area contributed by atoms with Gasteiger partial charge < -0.3 is 24.6 Å². The van der Waals surface area contributed by atoms with Crippen LogP contribution in [0.1, 0.15) is 43.7 Å². The van der Waals surface area contributed by atoms with Crippen LogP contribution in [0, 0.1) is 11.3 Å². The summed E-state index contributed by atoms with van der Waals surface area (Å²) in [6.07, 6.45) is 5.32. The maximum Gasteiger partial charge on any atom is 0.261 e.